The van der Waals surface area contributed by atoms with Crippen molar-refractivity contribution < 1.29 is 19.5 Å². The van der Waals surface area contributed by atoms with E-state index in [4.69, 9.17) is 5.11 Å². The van der Waals surface area contributed by atoms with Gasteiger partial charge in [-0.2, -0.15) is 0 Å². The van der Waals surface area contributed by atoms with Gasteiger partial charge in [0.05, 0.1) is 12.5 Å². The molecule has 27 heavy (non-hydrogen) atoms. The first kappa shape index (κ1) is 20.2. The fourth-order valence-corrected chi connectivity index (χ4v) is 2.66. The van der Waals surface area contributed by atoms with E-state index in [-0.39, 0.29) is 24.7 Å². The van der Waals surface area contributed by atoms with Crippen molar-refractivity contribution in [3.63, 3.8) is 0 Å². The van der Waals surface area contributed by atoms with Crippen molar-refractivity contribution in [2.45, 2.75) is 31.7 Å². The second-order valence-corrected chi connectivity index (χ2v) is 6.21. The second kappa shape index (κ2) is 10.8. The average Bonchev–Trinajstić information content (AvgIpc) is 2.68. The maximum absolute atomic E-state index is 12.5. The molecule has 0 saturated heterocycles. The van der Waals surface area contributed by atoms with Gasteiger partial charge < -0.3 is 15.7 Å². The van der Waals surface area contributed by atoms with Crippen LogP contribution in [-0.2, 0) is 9.59 Å². The number of amides is 2. The Morgan fingerprint density at radius 2 is 1.52 bits per heavy atom. The first-order chi connectivity index (χ1) is 13.1. The van der Waals surface area contributed by atoms with Crippen LogP contribution in [0.15, 0.2) is 60.7 Å². The zero-order valence-electron chi connectivity index (χ0n) is 15.1. The van der Waals surface area contributed by atoms with Gasteiger partial charge in [0, 0.05) is 18.5 Å². The van der Waals surface area contributed by atoms with Gasteiger partial charge in [-0.25, -0.2) is 0 Å². The Morgan fingerprint density at radius 3 is 2.15 bits per heavy atom. The highest BCUT2D eigenvalue weighted by Crippen LogP contribution is 2.17. The van der Waals surface area contributed by atoms with Crippen molar-refractivity contribution in [3.05, 3.63) is 71.8 Å². The molecule has 2 rings (SSSR count). The van der Waals surface area contributed by atoms with Gasteiger partial charge in [-0.15, -0.1) is 0 Å². The molecule has 142 valence electrons. The summed E-state index contributed by atoms with van der Waals surface area (Å²) in [5.41, 5.74) is 1.38. The Morgan fingerprint density at radius 1 is 0.889 bits per heavy atom. The first-order valence-corrected chi connectivity index (χ1v) is 8.95. The third-order valence-corrected chi connectivity index (χ3v) is 4.07. The van der Waals surface area contributed by atoms with Crippen molar-refractivity contribution in [2.75, 3.05) is 6.54 Å². The minimum Gasteiger partial charge on any atom is -0.481 e. The van der Waals surface area contributed by atoms with Crippen molar-refractivity contribution >= 4 is 17.8 Å². The van der Waals surface area contributed by atoms with E-state index < -0.39 is 12.0 Å². The molecule has 6 heteroatoms. The number of unbranched alkanes of at least 4 members (excludes halogenated alkanes) is 1. The van der Waals surface area contributed by atoms with E-state index in [9.17, 15) is 14.4 Å². The van der Waals surface area contributed by atoms with Gasteiger partial charge in [-0.1, -0.05) is 48.5 Å². The predicted molar refractivity (Wildman–Crippen MR) is 102 cm³/mol. The van der Waals surface area contributed by atoms with E-state index in [2.05, 4.69) is 10.6 Å². The molecule has 0 fully saturated rings. The van der Waals surface area contributed by atoms with Crippen LogP contribution < -0.4 is 10.6 Å². The van der Waals surface area contributed by atoms with E-state index >= 15 is 0 Å². The molecule has 0 spiro atoms. The zero-order chi connectivity index (χ0) is 19.5. The maximum atomic E-state index is 12.5. The van der Waals surface area contributed by atoms with Gasteiger partial charge >= 0.3 is 5.97 Å². The van der Waals surface area contributed by atoms with Crippen LogP contribution in [0.2, 0.25) is 0 Å². The van der Waals surface area contributed by atoms with E-state index in [0.717, 1.165) is 5.56 Å². The highest BCUT2D eigenvalue weighted by Gasteiger charge is 2.19. The number of nitrogens with one attached hydrogen (secondary N) is 2. The molecule has 3 N–H and O–H groups in total. The highest BCUT2D eigenvalue weighted by molar-refractivity contribution is 5.94. The lowest BCUT2D eigenvalue weighted by molar-refractivity contribution is -0.137. The molecule has 6 nitrogen and oxygen atoms in total. The van der Waals surface area contributed by atoms with Gasteiger partial charge in [0.1, 0.15) is 0 Å². The van der Waals surface area contributed by atoms with Crippen LogP contribution in [0.5, 0.6) is 0 Å². The molecule has 0 saturated carbocycles. The number of hydrogen-bond donors (Lipinski definition) is 3. The van der Waals surface area contributed by atoms with Crippen molar-refractivity contribution in [1.82, 2.24) is 10.6 Å². The van der Waals surface area contributed by atoms with Gasteiger partial charge in [-0.05, 0) is 30.5 Å². The number of carboxylic acids is 1. The van der Waals surface area contributed by atoms with Gasteiger partial charge in [0.2, 0.25) is 5.91 Å². The van der Waals surface area contributed by atoms with Crippen LogP contribution in [-0.4, -0.2) is 29.4 Å². The molecule has 2 amide bonds. The van der Waals surface area contributed by atoms with E-state index in [1.54, 1.807) is 24.3 Å². The molecular formula is C21H24N2O4. The van der Waals surface area contributed by atoms with Crippen molar-refractivity contribution in [1.29, 1.82) is 0 Å². The fraction of sp³-hybridized carbons (Fsp3) is 0.286. The smallest absolute Gasteiger partial charge is 0.303 e. The Hall–Kier alpha value is -3.15. The summed E-state index contributed by atoms with van der Waals surface area (Å²) in [7, 11) is 0. The second-order valence-electron chi connectivity index (χ2n) is 6.21. The number of rotatable bonds is 10. The zero-order valence-corrected chi connectivity index (χ0v) is 15.1. The number of aliphatic carboxylic acids is 1. The largest absolute Gasteiger partial charge is 0.481 e. The molecule has 0 aliphatic heterocycles. The molecular weight excluding hydrogens is 344 g/mol. The molecule has 0 radical (unpaired) electrons. The summed E-state index contributed by atoms with van der Waals surface area (Å²) in [4.78, 5) is 35.2. The summed E-state index contributed by atoms with van der Waals surface area (Å²) >= 11 is 0. The topological polar surface area (TPSA) is 95.5 Å². The third kappa shape index (κ3) is 7.32. The molecule has 0 bridgehead atoms. The Bertz CT molecular complexity index is 747. The molecule has 0 aromatic heterocycles. The number of carbonyl (C=O) groups excluding carboxylic acids is 2. The third-order valence-electron chi connectivity index (χ3n) is 4.07. The number of hydrogen-bond acceptors (Lipinski definition) is 3. The highest BCUT2D eigenvalue weighted by atomic mass is 16.4. The predicted octanol–water partition coefficient (Wildman–Crippen LogP) is 2.92. The lowest BCUT2D eigenvalue weighted by Crippen LogP contribution is -2.34. The fourth-order valence-electron chi connectivity index (χ4n) is 2.66. The van der Waals surface area contributed by atoms with Gasteiger partial charge in [-0.3, -0.25) is 14.4 Å². The minimum absolute atomic E-state index is 0.0929. The van der Waals surface area contributed by atoms with E-state index in [1.807, 2.05) is 36.4 Å². The molecule has 0 aliphatic carbocycles. The summed E-state index contributed by atoms with van der Waals surface area (Å²) in [6.45, 7) is 0.417. The standard InChI is InChI=1S/C21H24N2O4/c24-19(22-14-8-7-13-20(25)26)15-18(16-9-3-1-4-10-16)23-21(27)17-11-5-2-6-12-17/h1-6,9-12,18H,7-8,13-15H2,(H,22,24)(H,23,27)(H,25,26). The molecule has 2 aromatic carbocycles. The van der Waals surface area contributed by atoms with Crippen LogP contribution >= 0.6 is 0 Å². The number of carboxylic acid groups (broad SMARTS) is 1. The molecule has 0 aliphatic rings. The van der Waals surface area contributed by atoms with Crippen LogP contribution in [0.1, 0.15) is 47.6 Å². The lowest BCUT2D eigenvalue weighted by atomic mass is 10.0. The van der Waals surface area contributed by atoms with Crippen LogP contribution in [0.25, 0.3) is 0 Å². The van der Waals surface area contributed by atoms with Gasteiger partial charge in [0.25, 0.3) is 5.91 Å². The Kier molecular flexibility index (Phi) is 8.03. The van der Waals surface area contributed by atoms with Crippen LogP contribution in [0.3, 0.4) is 0 Å². The van der Waals surface area contributed by atoms with E-state index in [1.165, 1.54) is 0 Å². The SMILES string of the molecule is O=C(O)CCCCNC(=O)CC(NC(=O)c1ccccc1)c1ccccc1. The van der Waals surface area contributed by atoms with Crippen molar-refractivity contribution in [2.24, 2.45) is 0 Å². The summed E-state index contributed by atoms with van der Waals surface area (Å²) in [5.74, 6) is -1.26. The number of carbonyl (C=O) groups is 3. The van der Waals surface area contributed by atoms with Crippen LogP contribution in [0.4, 0.5) is 0 Å². The summed E-state index contributed by atoms with van der Waals surface area (Å²) in [6, 6.07) is 17.8. The van der Waals surface area contributed by atoms with Crippen molar-refractivity contribution in [3.8, 4) is 0 Å². The summed E-state index contributed by atoms with van der Waals surface area (Å²) in [5, 5.41) is 14.3. The monoisotopic (exact) mass is 368 g/mol. The maximum Gasteiger partial charge on any atom is 0.303 e. The summed E-state index contributed by atoms with van der Waals surface area (Å²) in [6.07, 6.45) is 1.32. The van der Waals surface area contributed by atoms with E-state index in [0.29, 0.717) is 24.9 Å². The molecule has 1 atom stereocenters. The quantitative estimate of drug-likeness (QED) is 0.562. The summed E-state index contributed by atoms with van der Waals surface area (Å²) < 4.78 is 0. The first-order valence-electron chi connectivity index (χ1n) is 8.95. The Labute approximate surface area is 158 Å². The molecule has 1 unspecified atom stereocenters. The normalized spacial score (nSPS) is 11.4. The Balaban J connectivity index is 1.94. The molecule has 0 heterocycles. The molecule has 2 aromatic rings. The average molecular weight is 368 g/mol. The lowest BCUT2D eigenvalue weighted by Gasteiger charge is -2.19. The van der Waals surface area contributed by atoms with Gasteiger partial charge in [0.15, 0.2) is 0 Å². The van der Waals surface area contributed by atoms with Crippen LogP contribution in [0, 0.1) is 0 Å². The number of benzene rings is 2. The minimum atomic E-state index is -0.839.